The van der Waals surface area contributed by atoms with Gasteiger partial charge < -0.3 is 15.1 Å². The highest BCUT2D eigenvalue weighted by atomic mass is 79.9. The highest BCUT2D eigenvalue weighted by molar-refractivity contribution is 9.10. The van der Waals surface area contributed by atoms with E-state index in [1.807, 2.05) is 6.07 Å². The normalized spacial score (nSPS) is 14.9. The number of hydrogen-bond donors (Lipinski definition) is 2. The van der Waals surface area contributed by atoms with Crippen molar-refractivity contribution in [1.29, 1.82) is 0 Å². The number of rotatable bonds is 7. The second-order valence-corrected chi connectivity index (χ2v) is 5.17. The smallest absolute Gasteiger partial charge is 0.220 e. The molecule has 1 fully saturated rings. The second-order valence-electron chi connectivity index (χ2n) is 4.31. The molecule has 1 amide bonds. The van der Waals surface area contributed by atoms with E-state index in [0.717, 1.165) is 36.0 Å². The lowest BCUT2D eigenvalue weighted by Gasteiger charge is -2.04. The zero-order valence-electron chi connectivity index (χ0n) is 9.67. The molecular weight excluding hydrogens is 284 g/mol. The summed E-state index contributed by atoms with van der Waals surface area (Å²) in [4.78, 5) is 11.4. The third-order valence-corrected chi connectivity index (χ3v) is 3.38. The summed E-state index contributed by atoms with van der Waals surface area (Å²) >= 11 is 3.39. The van der Waals surface area contributed by atoms with E-state index in [1.54, 1.807) is 6.26 Å². The van der Waals surface area contributed by atoms with Gasteiger partial charge in [-0.2, -0.15) is 0 Å². The lowest BCUT2D eigenvalue weighted by atomic mass is 10.3. The summed E-state index contributed by atoms with van der Waals surface area (Å²) in [5, 5.41) is 6.22. The number of halogens is 1. The van der Waals surface area contributed by atoms with Gasteiger partial charge in [-0.3, -0.25) is 4.79 Å². The van der Waals surface area contributed by atoms with E-state index in [9.17, 15) is 4.79 Å². The minimum absolute atomic E-state index is 0.175. The average molecular weight is 301 g/mol. The maximum Gasteiger partial charge on any atom is 0.220 e. The van der Waals surface area contributed by atoms with E-state index in [0.29, 0.717) is 19.0 Å². The van der Waals surface area contributed by atoms with Crippen molar-refractivity contribution >= 4 is 21.8 Å². The Morgan fingerprint density at radius 2 is 2.35 bits per heavy atom. The highest BCUT2D eigenvalue weighted by Crippen LogP contribution is 2.18. The van der Waals surface area contributed by atoms with E-state index < -0.39 is 0 Å². The number of nitrogens with one attached hydrogen (secondary N) is 2. The first kappa shape index (κ1) is 12.6. The van der Waals surface area contributed by atoms with Gasteiger partial charge >= 0.3 is 0 Å². The van der Waals surface area contributed by atoms with Crippen molar-refractivity contribution in [2.24, 2.45) is 0 Å². The SMILES string of the molecule is O=C(CCCNCc1occc1Br)NC1CC1. The van der Waals surface area contributed by atoms with E-state index >= 15 is 0 Å². The second kappa shape index (κ2) is 6.21. The van der Waals surface area contributed by atoms with Crippen molar-refractivity contribution in [3.63, 3.8) is 0 Å². The van der Waals surface area contributed by atoms with Crippen LogP contribution in [0, 0.1) is 0 Å². The van der Waals surface area contributed by atoms with Gasteiger partial charge in [0.1, 0.15) is 5.76 Å². The predicted octanol–water partition coefficient (Wildman–Crippen LogP) is 2.19. The van der Waals surface area contributed by atoms with Crippen molar-refractivity contribution in [3.05, 3.63) is 22.6 Å². The average Bonchev–Trinajstić information content (AvgIpc) is 3.01. The van der Waals surface area contributed by atoms with Crippen LogP contribution >= 0.6 is 15.9 Å². The minimum Gasteiger partial charge on any atom is -0.467 e. The van der Waals surface area contributed by atoms with Crippen molar-refractivity contribution in [1.82, 2.24) is 10.6 Å². The van der Waals surface area contributed by atoms with E-state index in [4.69, 9.17) is 4.42 Å². The van der Waals surface area contributed by atoms with Crippen LogP contribution in [0.5, 0.6) is 0 Å². The van der Waals surface area contributed by atoms with E-state index in [-0.39, 0.29) is 5.91 Å². The third kappa shape index (κ3) is 4.52. The van der Waals surface area contributed by atoms with Crippen LogP contribution in [0.3, 0.4) is 0 Å². The molecule has 1 aliphatic carbocycles. The van der Waals surface area contributed by atoms with Crippen LogP contribution in [-0.4, -0.2) is 18.5 Å². The largest absolute Gasteiger partial charge is 0.467 e. The van der Waals surface area contributed by atoms with Crippen LogP contribution in [0.2, 0.25) is 0 Å². The van der Waals surface area contributed by atoms with Crippen LogP contribution in [0.25, 0.3) is 0 Å². The van der Waals surface area contributed by atoms with Crippen LogP contribution in [0.1, 0.15) is 31.4 Å². The summed E-state index contributed by atoms with van der Waals surface area (Å²) in [6.45, 7) is 1.52. The molecule has 1 heterocycles. The number of amides is 1. The summed E-state index contributed by atoms with van der Waals surface area (Å²) in [6.07, 6.45) is 5.41. The van der Waals surface area contributed by atoms with E-state index in [2.05, 4.69) is 26.6 Å². The fraction of sp³-hybridized carbons (Fsp3) is 0.583. The summed E-state index contributed by atoms with van der Waals surface area (Å²) in [6, 6.07) is 2.34. The van der Waals surface area contributed by atoms with Crippen molar-refractivity contribution in [2.45, 2.75) is 38.3 Å². The first-order chi connectivity index (χ1) is 8.25. The third-order valence-electron chi connectivity index (χ3n) is 2.68. The minimum atomic E-state index is 0.175. The standard InChI is InChI=1S/C12H17BrN2O2/c13-10-5-7-17-11(10)8-14-6-1-2-12(16)15-9-3-4-9/h5,7,9,14H,1-4,6,8H2,(H,15,16). The van der Waals surface area contributed by atoms with Crippen molar-refractivity contribution < 1.29 is 9.21 Å². The molecule has 0 aliphatic heterocycles. The summed E-state index contributed by atoms with van der Waals surface area (Å²) < 4.78 is 6.25. The fourth-order valence-electron chi connectivity index (χ4n) is 1.55. The molecule has 1 aromatic heterocycles. The Hall–Kier alpha value is -0.810. The van der Waals surface area contributed by atoms with Gasteiger partial charge in [-0.25, -0.2) is 0 Å². The molecule has 0 atom stereocenters. The van der Waals surface area contributed by atoms with Gasteiger partial charge in [0.25, 0.3) is 0 Å². The molecule has 0 unspecified atom stereocenters. The molecule has 1 aromatic rings. The summed E-state index contributed by atoms with van der Waals surface area (Å²) in [7, 11) is 0. The molecule has 94 valence electrons. The topological polar surface area (TPSA) is 54.3 Å². The van der Waals surface area contributed by atoms with Crippen molar-refractivity contribution in [3.8, 4) is 0 Å². The first-order valence-electron chi connectivity index (χ1n) is 5.97. The first-order valence-corrected chi connectivity index (χ1v) is 6.77. The predicted molar refractivity (Wildman–Crippen MR) is 68.5 cm³/mol. The molecule has 2 rings (SSSR count). The summed E-state index contributed by atoms with van der Waals surface area (Å²) in [5.41, 5.74) is 0. The van der Waals surface area contributed by atoms with Crippen molar-refractivity contribution in [2.75, 3.05) is 6.54 Å². The fourth-order valence-corrected chi connectivity index (χ4v) is 1.90. The van der Waals surface area contributed by atoms with Gasteiger partial charge in [0.15, 0.2) is 0 Å². The maximum atomic E-state index is 11.4. The van der Waals surface area contributed by atoms with Gasteiger partial charge in [0.05, 0.1) is 17.3 Å². The molecule has 1 saturated carbocycles. The molecule has 17 heavy (non-hydrogen) atoms. The quantitative estimate of drug-likeness (QED) is 0.759. The number of carbonyl (C=O) groups excluding carboxylic acids is 1. The monoisotopic (exact) mass is 300 g/mol. The van der Waals surface area contributed by atoms with Crippen LogP contribution in [0.4, 0.5) is 0 Å². The molecule has 0 saturated heterocycles. The van der Waals surface area contributed by atoms with Gasteiger partial charge in [0, 0.05) is 12.5 Å². The molecule has 4 nitrogen and oxygen atoms in total. The molecular formula is C12H17BrN2O2. The lowest BCUT2D eigenvalue weighted by Crippen LogP contribution is -2.26. The number of carbonyl (C=O) groups is 1. The molecule has 0 spiro atoms. The molecule has 1 aliphatic rings. The molecule has 2 N–H and O–H groups in total. The van der Waals surface area contributed by atoms with Gasteiger partial charge in [0.2, 0.25) is 5.91 Å². The Bertz CT molecular complexity index is 374. The zero-order valence-corrected chi connectivity index (χ0v) is 11.3. The Morgan fingerprint density at radius 3 is 3.00 bits per heavy atom. The van der Waals surface area contributed by atoms with Crippen LogP contribution in [0.15, 0.2) is 21.2 Å². The Balaban J connectivity index is 1.51. The van der Waals surface area contributed by atoms with Crippen LogP contribution in [-0.2, 0) is 11.3 Å². The highest BCUT2D eigenvalue weighted by Gasteiger charge is 2.22. The number of furan rings is 1. The van der Waals surface area contributed by atoms with Gasteiger partial charge in [-0.1, -0.05) is 0 Å². The van der Waals surface area contributed by atoms with Gasteiger partial charge in [-0.15, -0.1) is 0 Å². The number of hydrogen-bond acceptors (Lipinski definition) is 3. The summed E-state index contributed by atoms with van der Waals surface area (Å²) in [5.74, 6) is 1.07. The van der Waals surface area contributed by atoms with Gasteiger partial charge in [-0.05, 0) is 47.8 Å². The Kier molecular flexibility index (Phi) is 4.62. The maximum absolute atomic E-state index is 11.4. The molecule has 0 aromatic carbocycles. The zero-order chi connectivity index (χ0) is 12.1. The lowest BCUT2D eigenvalue weighted by molar-refractivity contribution is -0.121. The molecule has 0 radical (unpaired) electrons. The molecule has 0 bridgehead atoms. The Morgan fingerprint density at radius 1 is 1.53 bits per heavy atom. The Labute approximate surface area is 109 Å². The van der Waals surface area contributed by atoms with E-state index in [1.165, 1.54) is 0 Å². The molecule has 5 heteroatoms. The van der Waals surface area contributed by atoms with Crippen LogP contribution < -0.4 is 10.6 Å².